The Balaban J connectivity index is 1.50. The van der Waals surface area contributed by atoms with Crippen molar-refractivity contribution in [1.82, 2.24) is 10.2 Å². The fraction of sp³-hybridized carbons (Fsp3) is 0.190. The average Bonchev–Trinajstić information content (AvgIpc) is 2.96. The van der Waals surface area contributed by atoms with Gasteiger partial charge in [-0.3, -0.25) is 19.3 Å². The Labute approximate surface area is 171 Å². The summed E-state index contributed by atoms with van der Waals surface area (Å²) >= 11 is 0.748. The van der Waals surface area contributed by atoms with Crippen molar-refractivity contribution in [3.05, 3.63) is 70.4 Å². The average molecular weight is 414 g/mol. The Morgan fingerprint density at radius 2 is 1.90 bits per heavy atom. The summed E-state index contributed by atoms with van der Waals surface area (Å²) in [4.78, 5) is 37.6. The van der Waals surface area contributed by atoms with Crippen LogP contribution in [0, 0.1) is 12.7 Å². The van der Waals surface area contributed by atoms with Crippen LogP contribution in [-0.4, -0.2) is 41.6 Å². The van der Waals surface area contributed by atoms with Crippen LogP contribution in [-0.2, 0) is 9.59 Å². The number of rotatable bonds is 7. The van der Waals surface area contributed by atoms with E-state index in [1.54, 1.807) is 18.2 Å². The summed E-state index contributed by atoms with van der Waals surface area (Å²) < 4.78 is 19.2. The van der Waals surface area contributed by atoms with E-state index in [9.17, 15) is 18.8 Å². The maximum absolute atomic E-state index is 13.8. The maximum atomic E-state index is 13.8. The van der Waals surface area contributed by atoms with E-state index < -0.39 is 17.0 Å². The molecular formula is C21H19FN2O4S. The molecule has 2 aromatic carbocycles. The van der Waals surface area contributed by atoms with E-state index >= 15 is 0 Å². The predicted molar refractivity (Wildman–Crippen MR) is 109 cm³/mol. The van der Waals surface area contributed by atoms with Gasteiger partial charge in [-0.15, -0.1) is 0 Å². The first kappa shape index (κ1) is 20.6. The van der Waals surface area contributed by atoms with Crippen molar-refractivity contribution in [2.75, 3.05) is 19.7 Å². The zero-order chi connectivity index (χ0) is 20.8. The van der Waals surface area contributed by atoms with Gasteiger partial charge in [0.1, 0.15) is 11.6 Å². The molecule has 1 fully saturated rings. The fourth-order valence-corrected chi connectivity index (χ4v) is 3.50. The molecule has 0 aliphatic carbocycles. The smallest absolute Gasteiger partial charge is 0.293 e. The molecule has 1 saturated heterocycles. The van der Waals surface area contributed by atoms with Gasteiger partial charge in [0.15, 0.2) is 6.61 Å². The first-order chi connectivity index (χ1) is 14.0. The van der Waals surface area contributed by atoms with E-state index in [1.807, 2.05) is 25.1 Å². The van der Waals surface area contributed by atoms with Gasteiger partial charge in [-0.25, -0.2) is 4.39 Å². The number of nitrogens with zero attached hydrogens (tertiary/aromatic N) is 1. The molecule has 0 aromatic heterocycles. The molecule has 3 rings (SSSR count). The van der Waals surface area contributed by atoms with Crippen molar-refractivity contribution in [2.45, 2.75) is 6.92 Å². The molecule has 6 nitrogen and oxygen atoms in total. The lowest BCUT2D eigenvalue weighted by molar-refractivity contribution is -0.125. The van der Waals surface area contributed by atoms with Gasteiger partial charge in [0.05, 0.1) is 4.91 Å². The third-order valence-electron chi connectivity index (χ3n) is 4.18. The van der Waals surface area contributed by atoms with Gasteiger partial charge >= 0.3 is 0 Å². The minimum absolute atomic E-state index is 0.0232. The molecule has 150 valence electrons. The van der Waals surface area contributed by atoms with E-state index in [4.69, 9.17) is 4.74 Å². The highest BCUT2D eigenvalue weighted by molar-refractivity contribution is 8.18. The molecule has 0 unspecified atom stereocenters. The van der Waals surface area contributed by atoms with Crippen molar-refractivity contribution in [3.8, 4) is 5.75 Å². The van der Waals surface area contributed by atoms with E-state index in [0.717, 1.165) is 22.2 Å². The van der Waals surface area contributed by atoms with Crippen LogP contribution < -0.4 is 10.1 Å². The number of ether oxygens (including phenoxy) is 1. The van der Waals surface area contributed by atoms with Gasteiger partial charge in [-0.1, -0.05) is 36.4 Å². The summed E-state index contributed by atoms with van der Waals surface area (Å²) in [6.07, 6.45) is 1.36. The largest absolute Gasteiger partial charge is 0.484 e. The highest BCUT2D eigenvalue weighted by Crippen LogP contribution is 2.32. The van der Waals surface area contributed by atoms with Crippen LogP contribution in [0.25, 0.3) is 6.08 Å². The molecule has 0 bridgehead atoms. The number of imide groups is 1. The summed E-state index contributed by atoms with van der Waals surface area (Å²) in [7, 11) is 0. The van der Waals surface area contributed by atoms with Gasteiger partial charge in [-0.05, 0) is 42.5 Å². The van der Waals surface area contributed by atoms with Gasteiger partial charge < -0.3 is 10.1 Å². The first-order valence-corrected chi connectivity index (χ1v) is 9.72. The molecule has 1 aliphatic heterocycles. The summed E-state index contributed by atoms with van der Waals surface area (Å²) in [5.74, 6) is -0.720. The van der Waals surface area contributed by atoms with Crippen LogP contribution in [0.5, 0.6) is 5.75 Å². The highest BCUT2D eigenvalue weighted by atomic mass is 32.2. The second-order valence-corrected chi connectivity index (χ2v) is 7.25. The summed E-state index contributed by atoms with van der Waals surface area (Å²) in [5.41, 5.74) is 1.15. The van der Waals surface area contributed by atoms with Gasteiger partial charge in [-0.2, -0.15) is 0 Å². The van der Waals surface area contributed by atoms with Crippen LogP contribution >= 0.6 is 11.8 Å². The number of hydrogen-bond acceptors (Lipinski definition) is 5. The van der Waals surface area contributed by atoms with E-state index in [0.29, 0.717) is 5.75 Å². The number of halogens is 1. The van der Waals surface area contributed by atoms with Crippen LogP contribution in [0.3, 0.4) is 0 Å². The van der Waals surface area contributed by atoms with Gasteiger partial charge in [0.25, 0.3) is 17.1 Å². The zero-order valence-corrected chi connectivity index (χ0v) is 16.5. The number of benzene rings is 2. The molecule has 1 N–H and O–H groups in total. The van der Waals surface area contributed by atoms with Crippen LogP contribution in [0.4, 0.5) is 9.18 Å². The molecule has 8 heteroatoms. The Kier molecular flexibility index (Phi) is 6.66. The third-order valence-corrected chi connectivity index (χ3v) is 5.08. The predicted octanol–water partition coefficient (Wildman–Crippen LogP) is 3.37. The third kappa shape index (κ3) is 5.23. The number of para-hydroxylation sites is 1. The summed E-state index contributed by atoms with van der Waals surface area (Å²) in [6.45, 7) is 1.83. The molecule has 1 heterocycles. The highest BCUT2D eigenvalue weighted by Gasteiger charge is 2.34. The van der Waals surface area contributed by atoms with Crippen LogP contribution in [0.1, 0.15) is 11.1 Å². The van der Waals surface area contributed by atoms with Crippen LogP contribution in [0.15, 0.2) is 53.4 Å². The normalized spacial score (nSPS) is 15.1. The number of carbonyl (C=O) groups excluding carboxylic acids is 3. The van der Waals surface area contributed by atoms with Crippen LogP contribution in [0.2, 0.25) is 0 Å². The minimum Gasteiger partial charge on any atom is -0.484 e. The lowest BCUT2D eigenvalue weighted by Crippen LogP contribution is -2.38. The standard InChI is InChI=1S/C21H19FN2O4S/c1-14-6-2-5-9-17(14)28-13-19(25)23-10-11-24-20(26)18(29-21(24)27)12-15-7-3-4-8-16(15)22/h2-9,12H,10-11,13H2,1H3,(H,23,25)/b18-12-. The number of aryl methyl sites for hydroxylation is 1. The second kappa shape index (κ2) is 9.38. The molecule has 0 spiro atoms. The van der Waals surface area contributed by atoms with Crippen molar-refractivity contribution in [2.24, 2.45) is 0 Å². The molecule has 0 atom stereocenters. The summed E-state index contributed by atoms with van der Waals surface area (Å²) in [5, 5.41) is 2.16. The molecule has 0 saturated carbocycles. The SMILES string of the molecule is Cc1ccccc1OCC(=O)NCCN1C(=O)S/C(=C\c2ccccc2F)C1=O. The molecule has 0 radical (unpaired) electrons. The first-order valence-electron chi connectivity index (χ1n) is 8.91. The fourth-order valence-electron chi connectivity index (χ4n) is 2.65. The second-order valence-electron chi connectivity index (χ2n) is 6.26. The Morgan fingerprint density at radius 3 is 2.66 bits per heavy atom. The van der Waals surface area contributed by atoms with E-state index in [-0.39, 0.29) is 36.1 Å². The number of carbonyl (C=O) groups is 3. The Bertz CT molecular complexity index is 977. The van der Waals surface area contributed by atoms with Crippen molar-refractivity contribution in [1.29, 1.82) is 0 Å². The molecule has 2 aromatic rings. The van der Waals surface area contributed by atoms with Crippen molar-refractivity contribution < 1.29 is 23.5 Å². The number of amides is 3. The lowest BCUT2D eigenvalue weighted by atomic mass is 10.2. The van der Waals surface area contributed by atoms with E-state index in [2.05, 4.69) is 5.32 Å². The zero-order valence-electron chi connectivity index (χ0n) is 15.7. The number of hydrogen-bond donors (Lipinski definition) is 1. The van der Waals surface area contributed by atoms with Gasteiger partial charge in [0, 0.05) is 18.7 Å². The maximum Gasteiger partial charge on any atom is 0.293 e. The Hall–Kier alpha value is -3.13. The summed E-state index contributed by atoms with van der Waals surface area (Å²) in [6, 6.07) is 13.3. The minimum atomic E-state index is -0.506. The molecular weight excluding hydrogens is 395 g/mol. The van der Waals surface area contributed by atoms with Crippen molar-refractivity contribution >= 4 is 34.9 Å². The molecule has 1 aliphatic rings. The quantitative estimate of drug-likeness (QED) is 0.703. The van der Waals surface area contributed by atoms with Gasteiger partial charge in [0.2, 0.25) is 0 Å². The van der Waals surface area contributed by atoms with Crippen molar-refractivity contribution in [3.63, 3.8) is 0 Å². The van der Waals surface area contributed by atoms with E-state index in [1.165, 1.54) is 18.2 Å². The topological polar surface area (TPSA) is 75.7 Å². The monoisotopic (exact) mass is 414 g/mol. The number of thioether (sulfide) groups is 1. The molecule has 29 heavy (non-hydrogen) atoms. The molecule has 3 amide bonds. The lowest BCUT2D eigenvalue weighted by Gasteiger charge is -2.13. The number of nitrogens with one attached hydrogen (secondary N) is 1. The Morgan fingerprint density at radius 1 is 1.17 bits per heavy atom.